The normalized spacial score (nSPS) is 13.7. The van der Waals surface area contributed by atoms with Gasteiger partial charge in [-0.25, -0.2) is 0 Å². The minimum absolute atomic E-state index is 0.0171. The van der Waals surface area contributed by atoms with Crippen molar-refractivity contribution in [3.63, 3.8) is 0 Å². The molecule has 1 N–H and O–H groups in total. The molecule has 1 atom stereocenters. The van der Waals surface area contributed by atoms with Gasteiger partial charge in [-0.05, 0) is 6.42 Å². The molecule has 0 amide bonds. The minimum atomic E-state index is -0.0171. The SMILES string of the molecule is CCCOCC(S)CO. The Labute approximate surface area is 61.6 Å². The van der Waals surface area contributed by atoms with Crippen LogP contribution in [0.25, 0.3) is 0 Å². The molecule has 56 valence electrons. The average Bonchev–Trinajstić information content (AvgIpc) is 1.89. The molecule has 0 aromatic carbocycles. The second kappa shape index (κ2) is 6.39. The molecule has 1 unspecified atom stereocenters. The first-order valence-corrected chi connectivity index (χ1v) is 3.69. The molecule has 0 heterocycles. The predicted molar refractivity (Wildman–Crippen MR) is 41.0 cm³/mol. The van der Waals surface area contributed by atoms with Gasteiger partial charge in [0.25, 0.3) is 0 Å². The van der Waals surface area contributed by atoms with E-state index in [0.29, 0.717) is 6.61 Å². The van der Waals surface area contributed by atoms with Gasteiger partial charge in [0.15, 0.2) is 0 Å². The zero-order valence-electron chi connectivity index (χ0n) is 5.71. The molecule has 0 radical (unpaired) electrons. The van der Waals surface area contributed by atoms with Crippen molar-refractivity contribution in [3.8, 4) is 0 Å². The van der Waals surface area contributed by atoms with Crippen LogP contribution in [0.4, 0.5) is 0 Å². The highest BCUT2D eigenvalue weighted by Crippen LogP contribution is 1.93. The fourth-order valence-electron chi connectivity index (χ4n) is 0.416. The molecule has 0 fully saturated rings. The van der Waals surface area contributed by atoms with Crippen molar-refractivity contribution in [1.82, 2.24) is 0 Å². The van der Waals surface area contributed by atoms with E-state index in [1.54, 1.807) is 0 Å². The van der Waals surface area contributed by atoms with Gasteiger partial charge in [0.2, 0.25) is 0 Å². The summed E-state index contributed by atoms with van der Waals surface area (Å²) in [6.45, 7) is 3.45. The highest BCUT2D eigenvalue weighted by atomic mass is 32.1. The van der Waals surface area contributed by atoms with Gasteiger partial charge in [-0.1, -0.05) is 6.92 Å². The predicted octanol–water partition coefficient (Wildman–Crippen LogP) is 0.704. The molecule has 0 aliphatic heterocycles. The van der Waals surface area contributed by atoms with Gasteiger partial charge in [0.1, 0.15) is 0 Å². The fourth-order valence-corrected chi connectivity index (χ4v) is 0.522. The van der Waals surface area contributed by atoms with Crippen molar-refractivity contribution < 1.29 is 9.84 Å². The zero-order chi connectivity index (χ0) is 7.11. The van der Waals surface area contributed by atoms with Crippen LogP contribution in [-0.4, -0.2) is 30.2 Å². The summed E-state index contributed by atoms with van der Waals surface area (Å²) in [7, 11) is 0. The number of rotatable bonds is 5. The molecule has 0 saturated carbocycles. The summed E-state index contributed by atoms with van der Waals surface area (Å²) in [4.78, 5) is 0. The van der Waals surface area contributed by atoms with Crippen LogP contribution in [0.2, 0.25) is 0 Å². The molecule has 3 heteroatoms. The van der Waals surface area contributed by atoms with E-state index in [0.717, 1.165) is 13.0 Å². The third-order valence-electron chi connectivity index (χ3n) is 0.869. The molecular weight excluding hydrogens is 136 g/mol. The van der Waals surface area contributed by atoms with Gasteiger partial charge in [-0.2, -0.15) is 12.6 Å². The van der Waals surface area contributed by atoms with Crippen molar-refractivity contribution in [2.75, 3.05) is 19.8 Å². The summed E-state index contributed by atoms with van der Waals surface area (Å²) in [5.41, 5.74) is 0. The summed E-state index contributed by atoms with van der Waals surface area (Å²) in [6, 6.07) is 0. The molecule has 0 aliphatic rings. The highest BCUT2D eigenvalue weighted by Gasteiger charge is 1.98. The number of ether oxygens (including phenoxy) is 1. The second-order valence-electron chi connectivity index (χ2n) is 1.91. The third-order valence-corrected chi connectivity index (χ3v) is 1.18. The summed E-state index contributed by atoms with van der Waals surface area (Å²) in [5, 5.41) is 8.46. The molecule has 0 aliphatic carbocycles. The Morgan fingerprint density at radius 3 is 2.78 bits per heavy atom. The topological polar surface area (TPSA) is 29.5 Å². The van der Waals surface area contributed by atoms with Gasteiger partial charge >= 0.3 is 0 Å². The lowest BCUT2D eigenvalue weighted by atomic mass is 10.5. The third kappa shape index (κ3) is 6.15. The molecule has 0 rings (SSSR count). The lowest BCUT2D eigenvalue weighted by molar-refractivity contribution is 0.121. The van der Waals surface area contributed by atoms with Crippen LogP contribution in [0.3, 0.4) is 0 Å². The maximum atomic E-state index is 8.48. The molecule has 0 aromatic rings. The maximum absolute atomic E-state index is 8.48. The van der Waals surface area contributed by atoms with Crippen molar-refractivity contribution >= 4 is 12.6 Å². The van der Waals surface area contributed by atoms with Gasteiger partial charge in [0.05, 0.1) is 13.2 Å². The first-order valence-electron chi connectivity index (χ1n) is 3.18. The molecule has 9 heavy (non-hydrogen) atoms. The van der Waals surface area contributed by atoms with Crippen LogP contribution in [0.5, 0.6) is 0 Å². The highest BCUT2D eigenvalue weighted by molar-refractivity contribution is 7.81. The molecule has 0 spiro atoms. The molecule has 0 bridgehead atoms. The summed E-state index contributed by atoms with van der Waals surface area (Å²) in [5.74, 6) is 0. The Balaban J connectivity index is 2.88. The number of aliphatic hydroxyl groups excluding tert-OH is 1. The van der Waals surface area contributed by atoms with Crippen LogP contribution >= 0.6 is 12.6 Å². The molecule has 0 aromatic heterocycles. The van der Waals surface area contributed by atoms with E-state index >= 15 is 0 Å². The Morgan fingerprint density at radius 2 is 2.33 bits per heavy atom. The fraction of sp³-hybridized carbons (Fsp3) is 1.00. The van der Waals surface area contributed by atoms with E-state index in [1.165, 1.54) is 0 Å². The van der Waals surface area contributed by atoms with Crippen LogP contribution in [0.1, 0.15) is 13.3 Å². The Hall–Kier alpha value is 0.270. The molecular formula is C6H14O2S. The largest absolute Gasteiger partial charge is 0.395 e. The first kappa shape index (κ1) is 9.27. The number of thiol groups is 1. The minimum Gasteiger partial charge on any atom is -0.395 e. The van der Waals surface area contributed by atoms with E-state index in [-0.39, 0.29) is 11.9 Å². The molecule has 0 saturated heterocycles. The number of hydrogen-bond acceptors (Lipinski definition) is 3. The van der Waals surface area contributed by atoms with Crippen LogP contribution < -0.4 is 0 Å². The van der Waals surface area contributed by atoms with Gasteiger partial charge in [-0.15, -0.1) is 0 Å². The summed E-state index contributed by atoms with van der Waals surface area (Å²) in [6.07, 6.45) is 1.02. The van der Waals surface area contributed by atoms with Crippen molar-refractivity contribution in [1.29, 1.82) is 0 Å². The lowest BCUT2D eigenvalue weighted by Gasteiger charge is -2.05. The number of hydrogen-bond donors (Lipinski definition) is 2. The quantitative estimate of drug-likeness (QED) is 0.446. The lowest BCUT2D eigenvalue weighted by Crippen LogP contribution is -2.13. The summed E-state index contributed by atoms with van der Waals surface area (Å²) < 4.78 is 5.10. The van der Waals surface area contributed by atoms with E-state index in [2.05, 4.69) is 12.6 Å². The van der Waals surface area contributed by atoms with Crippen LogP contribution in [0, 0.1) is 0 Å². The smallest absolute Gasteiger partial charge is 0.0604 e. The van der Waals surface area contributed by atoms with Crippen molar-refractivity contribution in [2.24, 2.45) is 0 Å². The van der Waals surface area contributed by atoms with Gasteiger partial charge in [-0.3, -0.25) is 0 Å². The van der Waals surface area contributed by atoms with E-state index < -0.39 is 0 Å². The Bertz CT molecular complexity index is 59.0. The van der Waals surface area contributed by atoms with Crippen molar-refractivity contribution in [3.05, 3.63) is 0 Å². The zero-order valence-corrected chi connectivity index (χ0v) is 6.60. The average molecular weight is 150 g/mol. The Kier molecular flexibility index (Phi) is 6.58. The van der Waals surface area contributed by atoms with E-state index in [4.69, 9.17) is 9.84 Å². The van der Waals surface area contributed by atoms with Gasteiger partial charge in [0, 0.05) is 11.9 Å². The van der Waals surface area contributed by atoms with E-state index in [9.17, 15) is 0 Å². The maximum Gasteiger partial charge on any atom is 0.0604 e. The van der Waals surface area contributed by atoms with Crippen molar-refractivity contribution in [2.45, 2.75) is 18.6 Å². The summed E-state index contributed by atoms with van der Waals surface area (Å²) >= 11 is 4.03. The number of aliphatic hydroxyl groups is 1. The van der Waals surface area contributed by atoms with Gasteiger partial charge < -0.3 is 9.84 Å². The monoisotopic (exact) mass is 150 g/mol. The molecule has 2 nitrogen and oxygen atoms in total. The van der Waals surface area contributed by atoms with E-state index in [1.807, 2.05) is 6.92 Å². The van der Waals surface area contributed by atoms with Crippen LogP contribution in [0.15, 0.2) is 0 Å². The second-order valence-corrected chi connectivity index (χ2v) is 2.64. The Morgan fingerprint density at radius 1 is 1.67 bits per heavy atom. The standard InChI is InChI=1S/C6H14O2S/c1-2-3-8-5-6(9)4-7/h6-7,9H,2-5H2,1H3. The van der Waals surface area contributed by atoms with Crippen LogP contribution in [-0.2, 0) is 4.74 Å². The first-order chi connectivity index (χ1) is 4.31.